The number of phenolic OH excluding ortho intramolecular Hbond substituents is 1. The van der Waals surface area contributed by atoms with Gasteiger partial charge in [0.25, 0.3) is 6.08 Å². The summed E-state index contributed by atoms with van der Waals surface area (Å²) in [5.74, 6) is 0.794. The Bertz CT molecular complexity index is 985. The molecule has 2 aliphatic rings. The van der Waals surface area contributed by atoms with Gasteiger partial charge in [-0.2, -0.15) is 8.78 Å². The minimum atomic E-state index is -1.67. The molecule has 154 valence electrons. The summed E-state index contributed by atoms with van der Waals surface area (Å²) in [5, 5.41) is 23.1. The molecule has 2 heterocycles. The van der Waals surface area contributed by atoms with E-state index in [4.69, 9.17) is 0 Å². The maximum atomic E-state index is 13.1. The predicted molar refractivity (Wildman–Crippen MR) is 110 cm³/mol. The zero-order valence-corrected chi connectivity index (χ0v) is 17.0. The van der Waals surface area contributed by atoms with Crippen LogP contribution < -0.4 is 5.32 Å². The van der Waals surface area contributed by atoms with E-state index in [-0.39, 0.29) is 17.7 Å². The number of likely N-dealkylation sites (tertiary alicyclic amines) is 1. The zero-order chi connectivity index (χ0) is 20.7. The Morgan fingerprint density at radius 3 is 2.62 bits per heavy atom. The Morgan fingerprint density at radius 1 is 1.14 bits per heavy atom. The molecule has 0 bridgehead atoms. The van der Waals surface area contributed by atoms with E-state index in [9.17, 15) is 13.9 Å². The van der Waals surface area contributed by atoms with Crippen molar-refractivity contribution in [2.45, 2.75) is 45.6 Å². The first-order valence-corrected chi connectivity index (χ1v) is 10.1. The van der Waals surface area contributed by atoms with Gasteiger partial charge in [0.05, 0.1) is 5.69 Å². The molecule has 0 radical (unpaired) electrons. The molecular weight excluding hydrogens is 374 g/mol. The monoisotopic (exact) mass is 400 g/mol. The van der Waals surface area contributed by atoms with Crippen LogP contribution in [0, 0.1) is 13.8 Å². The smallest absolute Gasteiger partial charge is 0.274 e. The van der Waals surface area contributed by atoms with Crippen LogP contribution in [0.3, 0.4) is 0 Å². The maximum Gasteiger partial charge on any atom is 0.274 e. The van der Waals surface area contributed by atoms with E-state index in [1.807, 2.05) is 13.8 Å². The van der Waals surface area contributed by atoms with Crippen LogP contribution in [0.15, 0.2) is 18.2 Å². The summed E-state index contributed by atoms with van der Waals surface area (Å²) >= 11 is 0. The van der Waals surface area contributed by atoms with E-state index in [0.717, 1.165) is 42.9 Å². The highest BCUT2D eigenvalue weighted by atomic mass is 19.3. The minimum Gasteiger partial charge on any atom is -0.507 e. The molecular formula is C22H26F2N4O. The Morgan fingerprint density at radius 2 is 1.90 bits per heavy atom. The van der Waals surface area contributed by atoms with Gasteiger partial charge in [-0.05, 0) is 75.9 Å². The van der Waals surface area contributed by atoms with Crippen LogP contribution in [-0.4, -0.2) is 46.4 Å². The normalized spacial score (nSPS) is 19.3. The number of hydrogen-bond acceptors (Lipinski definition) is 5. The number of rotatable bonds is 3. The molecule has 1 aromatic heterocycles. The van der Waals surface area contributed by atoms with Crippen LogP contribution in [0.5, 0.6) is 5.75 Å². The summed E-state index contributed by atoms with van der Waals surface area (Å²) in [5.41, 5.74) is 4.07. The largest absolute Gasteiger partial charge is 0.507 e. The Labute approximate surface area is 169 Å². The summed E-state index contributed by atoms with van der Waals surface area (Å²) in [6.45, 7) is 6.03. The average molecular weight is 400 g/mol. The molecule has 1 saturated heterocycles. The van der Waals surface area contributed by atoms with Crippen molar-refractivity contribution in [3.63, 3.8) is 0 Å². The lowest BCUT2D eigenvalue weighted by atomic mass is 9.97. The van der Waals surface area contributed by atoms with Gasteiger partial charge in [-0.25, -0.2) is 0 Å². The second-order valence-corrected chi connectivity index (χ2v) is 8.12. The summed E-state index contributed by atoms with van der Waals surface area (Å²) < 4.78 is 26.2. The molecule has 0 saturated carbocycles. The number of nitrogens with zero attached hydrogens (tertiary/aromatic N) is 3. The maximum absolute atomic E-state index is 13.1. The number of fused-ring (bicyclic) bond motifs is 1. The molecule has 29 heavy (non-hydrogen) atoms. The Hall–Kier alpha value is -2.54. The van der Waals surface area contributed by atoms with Crippen molar-refractivity contribution in [1.82, 2.24) is 15.1 Å². The second kappa shape index (κ2) is 7.71. The van der Waals surface area contributed by atoms with Crippen LogP contribution in [0.1, 0.15) is 41.5 Å². The number of allylic oxidation sites excluding steroid dienone is 1. The lowest BCUT2D eigenvalue weighted by Crippen LogP contribution is -2.40. The SMILES string of the molecule is Cc1c(N[C@@H]2CCCN(C)C2)nnc(-c2ccc3c(c2O)CCC3=C(F)F)c1C. The number of aromatic nitrogens is 2. The van der Waals surface area contributed by atoms with Crippen molar-refractivity contribution in [2.75, 3.05) is 25.5 Å². The summed E-state index contributed by atoms with van der Waals surface area (Å²) in [6, 6.07) is 3.66. The van der Waals surface area contributed by atoms with Gasteiger partial charge in [-0.3, -0.25) is 0 Å². The molecule has 1 aliphatic heterocycles. The van der Waals surface area contributed by atoms with E-state index in [1.54, 1.807) is 12.1 Å². The van der Waals surface area contributed by atoms with E-state index >= 15 is 0 Å². The third-order valence-electron chi connectivity index (χ3n) is 6.20. The van der Waals surface area contributed by atoms with Gasteiger partial charge in [0.15, 0.2) is 5.82 Å². The van der Waals surface area contributed by atoms with Crippen LogP contribution in [0.4, 0.5) is 14.6 Å². The highest BCUT2D eigenvalue weighted by Gasteiger charge is 2.27. The molecule has 1 fully saturated rings. The number of hydrogen-bond donors (Lipinski definition) is 2. The molecule has 2 aromatic rings. The Balaban J connectivity index is 1.67. The number of aromatic hydroxyl groups is 1. The molecule has 1 atom stereocenters. The highest BCUT2D eigenvalue weighted by Crippen LogP contribution is 2.44. The molecule has 1 aromatic carbocycles. The molecule has 0 spiro atoms. The fourth-order valence-electron chi connectivity index (χ4n) is 4.42. The number of likely N-dealkylation sites (N-methyl/N-ethyl adjacent to an activating group) is 1. The second-order valence-electron chi connectivity index (χ2n) is 8.12. The van der Waals surface area contributed by atoms with Crippen molar-refractivity contribution in [1.29, 1.82) is 0 Å². The number of phenols is 1. The minimum absolute atomic E-state index is 0.0258. The van der Waals surface area contributed by atoms with Crippen molar-refractivity contribution in [2.24, 2.45) is 0 Å². The van der Waals surface area contributed by atoms with E-state index in [0.29, 0.717) is 34.8 Å². The average Bonchev–Trinajstić information content (AvgIpc) is 3.12. The van der Waals surface area contributed by atoms with Gasteiger partial charge < -0.3 is 15.3 Å². The molecule has 4 rings (SSSR count). The fourth-order valence-corrected chi connectivity index (χ4v) is 4.42. The number of benzene rings is 1. The third-order valence-corrected chi connectivity index (χ3v) is 6.20. The first-order chi connectivity index (χ1) is 13.9. The quantitative estimate of drug-likeness (QED) is 0.793. The first-order valence-electron chi connectivity index (χ1n) is 10.1. The van der Waals surface area contributed by atoms with Gasteiger partial charge in [-0.1, -0.05) is 6.07 Å². The number of anilines is 1. The van der Waals surface area contributed by atoms with Gasteiger partial charge in [0, 0.05) is 29.3 Å². The summed E-state index contributed by atoms with van der Waals surface area (Å²) in [7, 11) is 2.12. The molecule has 0 unspecified atom stereocenters. The van der Waals surface area contributed by atoms with Gasteiger partial charge in [-0.15, -0.1) is 10.2 Å². The van der Waals surface area contributed by atoms with E-state index < -0.39 is 6.08 Å². The number of nitrogens with one attached hydrogen (secondary N) is 1. The first kappa shape index (κ1) is 19.8. The van der Waals surface area contributed by atoms with Gasteiger partial charge >= 0.3 is 0 Å². The molecule has 7 heteroatoms. The summed E-state index contributed by atoms with van der Waals surface area (Å²) in [6.07, 6.45) is 1.22. The Kier molecular flexibility index (Phi) is 5.25. The number of halogens is 2. The standard InChI is InChI=1S/C22H26F2N4O/c1-12-13(2)22(25-14-5-4-10-28(3)11-14)27-26-19(12)18-9-6-15-16(20(18)29)7-8-17(15)21(23)24/h6,9,14,29H,4-5,7-8,10-11H2,1-3H3,(H,25,27)/t14-/m1/s1. The zero-order valence-electron chi connectivity index (χ0n) is 17.0. The van der Waals surface area contributed by atoms with Crippen LogP contribution in [0.25, 0.3) is 16.8 Å². The molecule has 2 N–H and O–H groups in total. The molecule has 1 aliphatic carbocycles. The van der Waals surface area contributed by atoms with Crippen LogP contribution in [0.2, 0.25) is 0 Å². The lowest BCUT2D eigenvalue weighted by molar-refractivity contribution is 0.260. The highest BCUT2D eigenvalue weighted by molar-refractivity contribution is 5.82. The van der Waals surface area contributed by atoms with Crippen molar-refractivity contribution in [3.05, 3.63) is 40.5 Å². The molecule has 5 nitrogen and oxygen atoms in total. The van der Waals surface area contributed by atoms with Gasteiger partial charge in [0.1, 0.15) is 5.75 Å². The molecule has 0 amide bonds. The fraction of sp³-hybridized carbons (Fsp3) is 0.455. The topological polar surface area (TPSA) is 61.3 Å². The van der Waals surface area contributed by atoms with E-state index in [1.165, 1.54) is 0 Å². The van der Waals surface area contributed by atoms with Gasteiger partial charge in [0.2, 0.25) is 0 Å². The van der Waals surface area contributed by atoms with Crippen molar-refractivity contribution < 1.29 is 13.9 Å². The lowest BCUT2D eigenvalue weighted by Gasteiger charge is -2.31. The van der Waals surface area contributed by atoms with Crippen LogP contribution >= 0.6 is 0 Å². The van der Waals surface area contributed by atoms with E-state index in [2.05, 4.69) is 27.5 Å². The van der Waals surface area contributed by atoms with Crippen molar-refractivity contribution >= 4 is 11.4 Å². The number of piperidine rings is 1. The summed E-state index contributed by atoms with van der Waals surface area (Å²) in [4.78, 5) is 2.30. The third kappa shape index (κ3) is 3.59. The predicted octanol–water partition coefficient (Wildman–Crippen LogP) is 4.53. The van der Waals surface area contributed by atoms with Crippen molar-refractivity contribution in [3.8, 4) is 17.0 Å². The van der Waals surface area contributed by atoms with Crippen LogP contribution in [-0.2, 0) is 6.42 Å².